The quantitative estimate of drug-likeness (QED) is 0.311. The molecule has 0 radical (unpaired) electrons. The Labute approximate surface area is 150 Å². The van der Waals surface area contributed by atoms with Crippen LogP contribution in [0.15, 0.2) is 42.5 Å². The van der Waals surface area contributed by atoms with Gasteiger partial charge in [-0.3, -0.25) is 19.7 Å². The number of ether oxygens (including phenoxy) is 2. The topological polar surface area (TPSA) is 95.7 Å². The molecular formula is C19H19NO6. The molecule has 0 saturated carbocycles. The first-order chi connectivity index (χ1) is 12.4. The van der Waals surface area contributed by atoms with Crippen molar-refractivity contribution in [3.8, 4) is 5.75 Å². The minimum Gasteiger partial charge on any atom is -0.496 e. The highest BCUT2D eigenvalue weighted by atomic mass is 16.6. The van der Waals surface area contributed by atoms with Gasteiger partial charge in [-0.1, -0.05) is 30.3 Å². The smallest absolute Gasteiger partial charge is 0.306 e. The van der Waals surface area contributed by atoms with Crippen molar-refractivity contribution in [2.45, 2.75) is 19.8 Å². The number of para-hydroxylation sites is 1. The van der Waals surface area contributed by atoms with E-state index in [1.807, 2.05) is 18.2 Å². The lowest BCUT2D eigenvalue weighted by Gasteiger charge is -2.08. The zero-order valence-electron chi connectivity index (χ0n) is 14.6. The second-order valence-corrected chi connectivity index (χ2v) is 5.65. The predicted octanol–water partition coefficient (Wildman–Crippen LogP) is 3.27. The fraction of sp³-hybridized carbons (Fsp3) is 0.263. The van der Waals surface area contributed by atoms with Gasteiger partial charge in [-0.05, 0) is 25.0 Å². The molecule has 0 N–H and O–H groups in total. The van der Waals surface area contributed by atoms with E-state index in [0.29, 0.717) is 17.7 Å². The van der Waals surface area contributed by atoms with Gasteiger partial charge in [-0.2, -0.15) is 0 Å². The lowest BCUT2D eigenvalue weighted by molar-refractivity contribution is -0.385. The number of rotatable bonds is 8. The lowest BCUT2D eigenvalue weighted by Crippen LogP contribution is -2.15. The molecule has 26 heavy (non-hydrogen) atoms. The Morgan fingerprint density at radius 3 is 2.58 bits per heavy atom. The molecule has 7 nitrogen and oxygen atoms in total. The van der Waals surface area contributed by atoms with Gasteiger partial charge in [0.25, 0.3) is 5.69 Å². The Balaban J connectivity index is 1.90. The molecule has 2 rings (SSSR count). The predicted molar refractivity (Wildman–Crippen MR) is 94.4 cm³/mol. The third kappa shape index (κ3) is 4.89. The molecule has 0 heterocycles. The van der Waals surface area contributed by atoms with Gasteiger partial charge in [-0.15, -0.1) is 0 Å². The van der Waals surface area contributed by atoms with Crippen molar-refractivity contribution < 1.29 is 24.0 Å². The molecule has 0 bridgehead atoms. The minimum atomic E-state index is -0.550. The third-order valence-corrected chi connectivity index (χ3v) is 3.88. The van der Waals surface area contributed by atoms with Crippen LogP contribution in [0.1, 0.15) is 27.9 Å². The summed E-state index contributed by atoms with van der Waals surface area (Å²) in [6.07, 6.45) is 0.523. The summed E-state index contributed by atoms with van der Waals surface area (Å²) in [5, 5.41) is 10.9. The van der Waals surface area contributed by atoms with E-state index in [2.05, 4.69) is 0 Å². The van der Waals surface area contributed by atoms with Crippen molar-refractivity contribution in [3.63, 3.8) is 0 Å². The normalized spacial score (nSPS) is 10.2. The standard InChI is InChI=1S/C19H19NO6/c1-13-7-8-15(11-16(13)20(23)24)17(21)12-26-19(22)10-9-14-5-3-4-6-18(14)25-2/h3-8,11H,9-10,12H2,1-2H3. The van der Waals surface area contributed by atoms with Gasteiger partial charge < -0.3 is 9.47 Å². The Kier molecular flexibility index (Phi) is 6.43. The van der Waals surface area contributed by atoms with Gasteiger partial charge >= 0.3 is 5.97 Å². The van der Waals surface area contributed by atoms with E-state index in [1.165, 1.54) is 18.2 Å². The number of carbonyl (C=O) groups excluding carboxylic acids is 2. The zero-order valence-corrected chi connectivity index (χ0v) is 14.6. The highest BCUT2D eigenvalue weighted by Gasteiger charge is 2.16. The van der Waals surface area contributed by atoms with Crippen molar-refractivity contribution in [2.75, 3.05) is 13.7 Å². The van der Waals surface area contributed by atoms with Crippen molar-refractivity contribution in [1.29, 1.82) is 0 Å². The summed E-state index contributed by atoms with van der Waals surface area (Å²) in [5.41, 5.74) is 1.32. The van der Waals surface area contributed by atoms with Gasteiger partial charge in [0, 0.05) is 23.6 Å². The molecule has 0 atom stereocenters. The number of ketones is 1. The van der Waals surface area contributed by atoms with Gasteiger partial charge in [-0.25, -0.2) is 0 Å². The number of hydrogen-bond donors (Lipinski definition) is 0. The zero-order chi connectivity index (χ0) is 19.1. The van der Waals surface area contributed by atoms with Crippen LogP contribution in [0.3, 0.4) is 0 Å². The van der Waals surface area contributed by atoms with E-state index >= 15 is 0 Å². The summed E-state index contributed by atoms with van der Waals surface area (Å²) in [6, 6.07) is 11.5. The summed E-state index contributed by atoms with van der Waals surface area (Å²) in [5.74, 6) is -0.326. The number of hydrogen-bond acceptors (Lipinski definition) is 6. The molecule has 2 aromatic rings. The number of nitrogens with zero attached hydrogens (tertiary/aromatic N) is 1. The van der Waals surface area contributed by atoms with Gasteiger partial charge in [0.15, 0.2) is 6.61 Å². The summed E-state index contributed by atoms with van der Waals surface area (Å²) in [7, 11) is 1.55. The first-order valence-corrected chi connectivity index (χ1v) is 7.98. The van der Waals surface area contributed by atoms with E-state index in [0.717, 1.165) is 5.56 Å². The number of aryl methyl sites for hydroxylation is 2. The van der Waals surface area contributed by atoms with Crippen molar-refractivity contribution >= 4 is 17.4 Å². The van der Waals surface area contributed by atoms with Crippen LogP contribution in [0.25, 0.3) is 0 Å². The molecule has 0 unspecified atom stereocenters. The van der Waals surface area contributed by atoms with Crippen LogP contribution in [0, 0.1) is 17.0 Å². The molecule has 0 aliphatic heterocycles. The number of esters is 1. The molecule has 2 aromatic carbocycles. The van der Waals surface area contributed by atoms with E-state index < -0.39 is 23.3 Å². The van der Waals surface area contributed by atoms with Crippen molar-refractivity contribution in [1.82, 2.24) is 0 Å². The number of benzene rings is 2. The Hall–Kier alpha value is -3.22. The number of nitro groups is 1. The minimum absolute atomic E-state index is 0.0989. The number of methoxy groups -OCH3 is 1. The van der Waals surface area contributed by atoms with Gasteiger partial charge in [0.1, 0.15) is 5.75 Å². The van der Waals surface area contributed by atoms with Crippen LogP contribution in [-0.4, -0.2) is 30.4 Å². The Morgan fingerprint density at radius 2 is 1.88 bits per heavy atom. The molecule has 0 amide bonds. The average molecular weight is 357 g/mol. The van der Waals surface area contributed by atoms with Crippen LogP contribution in [0.4, 0.5) is 5.69 Å². The SMILES string of the molecule is COc1ccccc1CCC(=O)OCC(=O)c1ccc(C)c([N+](=O)[O-])c1. The second kappa shape index (κ2) is 8.75. The van der Waals surface area contributed by atoms with Crippen LogP contribution < -0.4 is 4.74 Å². The Morgan fingerprint density at radius 1 is 1.15 bits per heavy atom. The molecular weight excluding hydrogens is 338 g/mol. The fourth-order valence-corrected chi connectivity index (χ4v) is 2.43. The first kappa shape index (κ1) is 19.1. The maximum atomic E-state index is 12.1. The van der Waals surface area contributed by atoms with Crippen LogP contribution >= 0.6 is 0 Å². The summed E-state index contributed by atoms with van der Waals surface area (Å²) in [6.45, 7) is 1.13. The number of nitro benzene ring substituents is 1. The molecule has 0 fully saturated rings. The van der Waals surface area contributed by atoms with E-state index in [4.69, 9.17) is 9.47 Å². The average Bonchev–Trinajstić information content (AvgIpc) is 2.64. The molecule has 136 valence electrons. The highest BCUT2D eigenvalue weighted by Crippen LogP contribution is 2.20. The summed E-state index contributed by atoms with van der Waals surface area (Å²) in [4.78, 5) is 34.3. The van der Waals surface area contributed by atoms with Crippen LogP contribution in [-0.2, 0) is 16.0 Å². The van der Waals surface area contributed by atoms with E-state index in [9.17, 15) is 19.7 Å². The van der Waals surface area contributed by atoms with E-state index in [1.54, 1.807) is 20.1 Å². The maximum Gasteiger partial charge on any atom is 0.306 e. The van der Waals surface area contributed by atoms with Crippen LogP contribution in [0.2, 0.25) is 0 Å². The molecule has 0 aromatic heterocycles. The molecule has 0 spiro atoms. The lowest BCUT2D eigenvalue weighted by atomic mass is 10.1. The summed E-state index contributed by atoms with van der Waals surface area (Å²) >= 11 is 0. The molecule has 0 saturated heterocycles. The van der Waals surface area contributed by atoms with Gasteiger partial charge in [0.2, 0.25) is 5.78 Å². The number of carbonyl (C=O) groups is 2. The van der Waals surface area contributed by atoms with Crippen molar-refractivity contribution in [2.24, 2.45) is 0 Å². The highest BCUT2D eigenvalue weighted by molar-refractivity contribution is 5.98. The molecule has 0 aliphatic rings. The third-order valence-electron chi connectivity index (χ3n) is 3.88. The molecule has 7 heteroatoms. The fourth-order valence-electron chi connectivity index (χ4n) is 2.43. The first-order valence-electron chi connectivity index (χ1n) is 7.98. The monoisotopic (exact) mass is 357 g/mol. The molecule has 0 aliphatic carbocycles. The number of Topliss-reactive ketones (excluding diaryl/α,β-unsaturated/α-hetero) is 1. The Bertz CT molecular complexity index is 831. The summed E-state index contributed by atoms with van der Waals surface area (Å²) < 4.78 is 10.2. The largest absolute Gasteiger partial charge is 0.496 e. The van der Waals surface area contributed by atoms with Crippen LogP contribution in [0.5, 0.6) is 5.75 Å². The van der Waals surface area contributed by atoms with Crippen molar-refractivity contribution in [3.05, 3.63) is 69.3 Å². The second-order valence-electron chi connectivity index (χ2n) is 5.65. The van der Waals surface area contributed by atoms with Gasteiger partial charge in [0.05, 0.1) is 12.0 Å². The van der Waals surface area contributed by atoms with E-state index in [-0.39, 0.29) is 17.7 Å². The maximum absolute atomic E-state index is 12.1.